The van der Waals surface area contributed by atoms with Crippen molar-refractivity contribution in [3.05, 3.63) is 29.8 Å². The van der Waals surface area contributed by atoms with Crippen LogP contribution < -0.4 is 0 Å². The van der Waals surface area contributed by atoms with E-state index >= 15 is 0 Å². The molecule has 0 aliphatic rings. The number of hydrogen-bond donors (Lipinski definition) is 1. The summed E-state index contributed by atoms with van der Waals surface area (Å²) in [6.07, 6.45) is -2.56. The summed E-state index contributed by atoms with van der Waals surface area (Å²) in [5.74, 6) is -1.57. The van der Waals surface area contributed by atoms with Crippen LogP contribution in [0.15, 0.2) is 24.3 Å². The molecule has 1 unspecified atom stereocenters. The van der Waals surface area contributed by atoms with E-state index < -0.39 is 12.3 Å². The number of phenols is 1. The highest BCUT2D eigenvalue weighted by atomic mass is 19.3. The van der Waals surface area contributed by atoms with Crippen molar-refractivity contribution in [2.45, 2.75) is 12.3 Å². The Morgan fingerprint density at radius 1 is 1.38 bits per heavy atom. The van der Waals surface area contributed by atoms with Crippen molar-refractivity contribution >= 4 is 6.29 Å². The van der Waals surface area contributed by atoms with Crippen LogP contribution in [-0.4, -0.2) is 17.8 Å². The zero-order chi connectivity index (χ0) is 9.84. The lowest BCUT2D eigenvalue weighted by molar-refractivity contribution is -0.111. The Hall–Kier alpha value is -1.45. The van der Waals surface area contributed by atoms with Crippen molar-refractivity contribution in [3.8, 4) is 5.75 Å². The van der Waals surface area contributed by atoms with Gasteiger partial charge in [0.1, 0.15) is 18.0 Å². The van der Waals surface area contributed by atoms with E-state index in [1.807, 2.05) is 0 Å². The SMILES string of the molecule is O=CC(c1cccc(O)c1)C(F)F. The minimum atomic E-state index is -2.74. The predicted octanol–water partition coefficient (Wildman–Crippen LogP) is 1.94. The van der Waals surface area contributed by atoms with Crippen molar-refractivity contribution in [1.29, 1.82) is 0 Å². The van der Waals surface area contributed by atoms with Crippen LogP contribution >= 0.6 is 0 Å². The van der Waals surface area contributed by atoms with Crippen molar-refractivity contribution < 1.29 is 18.7 Å². The zero-order valence-corrected chi connectivity index (χ0v) is 6.65. The van der Waals surface area contributed by atoms with E-state index in [0.29, 0.717) is 0 Å². The van der Waals surface area contributed by atoms with E-state index in [-0.39, 0.29) is 17.6 Å². The first-order valence-electron chi connectivity index (χ1n) is 3.67. The maximum Gasteiger partial charge on any atom is 0.252 e. The largest absolute Gasteiger partial charge is 0.508 e. The minimum Gasteiger partial charge on any atom is -0.508 e. The van der Waals surface area contributed by atoms with Gasteiger partial charge in [-0.15, -0.1) is 0 Å². The van der Waals surface area contributed by atoms with Gasteiger partial charge < -0.3 is 9.90 Å². The first-order valence-corrected chi connectivity index (χ1v) is 3.67. The van der Waals surface area contributed by atoms with E-state index in [2.05, 4.69) is 0 Å². The molecule has 4 heteroatoms. The highest BCUT2D eigenvalue weighted by molar-refractivity contribution is 5.63. The van der Waals surface area contributed by atoms with Crippen molar-refractivity contribution in [3.63, 3.8) is 0 Å². The molecule has 0 aliphatic carbocycles. The van der Waals surface area contributed by atoms with Gasteiger partial charge in [0.2, 0.25) is 0 Å². The highest BCUT2D eigenvalue weighted by Crippen LogP contribution is 2.23. The van der Waals surface area contributed by atoms with Gasteiger partial charge in [0, 0.05) is 0 Å². The average Bonchev–Trinajstić information content (AvgIpc) is 2.04. The number of carbonyl (C=O) groups is 1. The number of halogens is 2. The van der Waals surface area contributed by atoms with Gasteiger partial charge in [0.05, 0.1) is 0 Å². The number of aldehydes is 1. The molecule has 70 valence electrons. The molecule has 1 aromatic carbocycles. The van der Waals surface area contributed by atoms with E-state index in [0.717, 1.165) is 6.07 Å². The summed E-state index contributed by atoms with van der Waals surface area (Å²) >= 11 is 0. The third kappa shape index (κ3) is 2.24. The fourth-order valence-electron chi connectivity index (χ4n) is 1.02. The van der Waals surface area contributed by atoms with Gasteiger partial charge in [0.25, 0.3) is 6.43 Å². The molecule has 1 rings (SSSR count). The zero-order valence-electron chi connectivity index (χ0n) is 6.65. The van der Waals surface area contributed by atoms with E-state index in [1.165, 1.54) is 18.2 Å². The molecule has 0 aliphatic heterocycles. The molecule has 0 saturated carbocycles. The highest BCUT2D eigenvalue weighted by Gasteiger charge is 2.21. The number of rotatable bonds is 3. The van der Waals surface area contributed by atoms with Crippen LogP contribution in [0.5, 0.6) is 5.75 Å². The molecule has 0 bridgehead atoms. The summed E-state index contributed by atoms with van der Waals surface area (Å²) in [7, 11) is 0. The van der Waals surface area contributed by atoms with Gasteiger partial charge in [-0.1, -0.05) is 12.1 Å². The fourth-order valence-corrected chi connectivity index (χ4v) is 1.02. The summed E-state index contributed by atoms with van der Waals surface area (Å²) < 4.78 is 24.4. The molecule has 13 heavy (non-hydrogen) atoms. The van der Waals surface area contributed by atoms with Crippen LogP contribution in [-0.2, 0) is 4.79 Å². The normalized spacial score (nSPS) is 12.8. The smallest absolute Gasteiger partial charge is 0.252 e. The molecule has 0 fully saturated rings. The Balaban J connectivity index is 2.98. The quantitative estimate of drug-likeness (QED) is 0.732. The number of hydrogen-bond acceptors (Lipinski definition) is 2. The lowest BCUT2D eigenvalue weighted by Gasteiger charge is -2.08. The third-order valence-electron chi connectivity index (χ3n) is 1.67. The van der Waals surface area contributed by atoms with Gasteiger partial charge in [-0.05, 0) is 17.7 Å². The van der Waals surface area contributed by atoms with Crippen LogP contribution in [0.4, 0.5) is 8.78 Å². The Bertz CT molecular complexity index is 299. The van der Waals surface area contributed by atoms with Gasteiger partial charge in [-0.3, -0.25) is 0 Å². The van der Waals surface area contributed by atoms with Crippen molar-refractivity contribution in [1.82, 2.24) is 0 Å². The number of benzene rings is 1. The molecule has 0 aromatic heterocycles. The molecule has 0 heterocycles. The van der Waals surface area contributed by atoms with E-state index in [9.17, 15) is 13.6 Å². The summed E-state index contributed by atoms with van der Waals surface area (Å²) in [6.45, 7) is 0. The van der Waals surface area contributed by atoms with E-state index in [4.69, 9.17) is 5.11 Å². The maximum atomic E-state index is 12.2. The third-order valence-corrected chi connectivity index (χ3v) is 1.67. The summed E-state index contributed by atoms with van der Waals surface area (Å²) in [5, 5.41) is 8.98. The molecule has 0 saturated heterocycles. The second-order valence-corrected chi connectivity index (χ2v) is 2.59. The molecule has 0 spiro atoms. The Labute approximate surface area is 73.8 Å². The topological polar surface area (TPSA) is 37.3 Å². The van der Waals surface area contributed by atoms with Gasteiger partial charge in [-0.25, -0.2) is 8.78 Å². The monoisotopic (exact) mass is 186 g/mol. The summed E-state index contributed by atoms with van der Waals surface area (Å²) in [5.41, 5.74) is 0.130. The summed E-state index contributed by atoms with van der Waals surface area (Å²) in [6, 6.07) is 5.32. The molecular weight excluding hydrogens is 178 g/mol. The average molecular weight is 186 g/mol. The lowest BCUT2D eigenvalue weighted by Crippen LogP contribution is -2.10. The second-order valence-electron chi connectivity index (χ2n) is 2.59. The van der Waals surface area contributed by atoms with Gasteiger partial charge in [-0.2, -0.15) is 0 Å². The first kappa shape index (κ1) is 9.64. The number of alkyl halides is 2. The molecular formula is C9H8F2O2. The standard InChI is InChI=1S/C9H8F2O2/c10-9(11)8(5-12)6-2-1-3-7(13)4-6/h1-5,8-9,13H. The van der Waals surface area contributed by atoms with Crippen LogP contribution in [0.1, 0.15) is 11.5 Å². The molecule has 1 N–H and O–H groups in total. The predicted molar refractivity (Wildman–Crippen MR) is 42.9 cm³/mol. The maximum absolute atomic E-state index is 12.2. The van der Waals surface area contributed by atoms with Crippen LogP contribution in [0.2, 0.25) is 0 Å². The summed E-state index contributed by atoms with van der Waals surface area (Å²) in [4.78, 5) is 10.3. The number of phenolic OH excluding ortho intramolecular Hbond substituents is 1. The minimum absolute atomic E-state index is 0.120. The second kappa shape index (κ2) is 3.98. The first-order chi connectivity index (χ1) is 6.15. The number of aromatic hydroxyl groups is 1. The van der Waals surface area contributed by atoms with Crippen LogP contribution in [0.25, 0.3) is 0 Å². The Morgan fingerprint density at radius 3 is 2.54 bits per heavy atom. The van der Waals surface area contributed by atoms with Crippen LogP contribution in [0.3, 0.4) is 0 Å². The Morgan fingerprint density at radius 2 is 2.08 bits per heavy atom. The van der Waals surface area contributed by atoms with Crippen molar-refractivity contribution in [2.24, 2.45) is 0 Å². The molecule has 0 amide bonds. The van der Waals surface area contributed by atoms with Gasteiger partial charge in [0.15, 0.2) is 0 Å². The van der Waals surface area contributed by atoms with Gasteiger partial charge >= 0.3 is 0 Å². The molecule has 2 nitrogen and oxygen atoms in total. The lowest BCUT2D eigenvalue weighted by atomic mass is 10.0. The van der Waals surface area contributed by atoms with Crippen LogP contribution in [0, 0.1) is 0 Å². The fraction of sp³-hybridized carbons (Fsp3) is 0.222. The van der Waals surface area contributed by atoms with Crippen molar-refractivity contribution in [2.75, 3.05) is 0 Å². The van der Waals surface area contributed by atoms with E-state index in [1.54, 1.807) is 0 Å². The Kier molecular flexibility index (Phi) is 2.95. The molecule has 0 radical (unpaired) electrons. The molecule has 1 aromatic rings. The molecule has 1 atom stereocenters. The number of carbonyl (C=O) groups excluding carboxylic acids is 1.